The van der Waals surface area contributed by atoms with Gasteiger partial charge in [-0.15, -0.1) is 0 Å². The summed E-state index contributed by atoms with van der Waals surface area (Å²) < 4.78 is 7.03. The number of rotatable bonds is 4. The van der Waals surface area contributed by atoms with Gasteiger partial charge in [0.15, 0.2) is 0 Å². The Morgan fingerprint density at radius 2 is 2.19 bits per heavy atom. The summed E-state index contributed by atoms with van der Waals surface area (Å²) >= 11 is 0. The molecule has 0 aliphatic heterocycles. The predicted octanol–water partition coefficient (Wildman–Crippen LogP) is 2.78. The molecule has 6 heteroatoms. The van der Waals surface area contributed by atoms with Crippen LogP contribution in [0.15, 0.2) is 16.8 Å². The first-order chi connectivity index (χ1) is 10.1. The molecule has 2 aromatic rings. The maximum Gasteiger partial charge on any atom is 0.230 e. The summed E-state index contributed by atoms with van der Waals surface area (Å²) in [5.41, 5.74) is 1.63. The van der Waals surface area contributed by atoms with E-state index in [9.17, 15) is 4.79 Å². The van der Waals surface area contributed by atoms with Crippen molar-refractivity contribution in [3.05, 3.63) is 29.3 Å². The van der Waals surface area contributed by atoms with Crippen LogP contribution in [0.25, 0.3) is 0 Å². The average Bonchev–Trinajstić information content (AvgIpc) is 3.16. The Hall–Kier alpha value is -2.11. The van der Waals surface area contributed by atoms with Crippen LogP contribution in [0.1, 0.15) is 48.7 Å². The molecule has 0 atom stereocenters. The van der Waals surface area contributed by atoms with E-state index in [2.05, 4.69) is 15.6 Å². The topological polar surface area (TPSA) is 73.0 Å². The van der Waals surface area contributed by atoms with Crippen molar-refractivity contribution in [2.24, 2.45) is 0 Å². The van der Waals surface area contributed by atoms with Crippen LogP contribution in [-0.4, -0.2) is 20.8 Å². The highest BCUT2D eigenvalue weighted by molar-refractivity contribution is 5.91. The van der Waals surface area contributed by atoms with Crippen molar-refractivity contribution in [2.45, 2.75) is 52.0 Å². The number of aryl methyl sites for hydroxylation is 2. The van der Waals surface area contributed by atoms with Crippen LogP contribution in [0, 0.1) is 13.8 Å². The highest BCUT2D eigenvalue weighted by Crippen LogP contribution is 2.31. The molecule has 21 heavy (non-hydrogen) atoms. The van der Waals surface area contributed by atoms with E-state index in [0.717, 1.165) is 29.9 Å². The molecule has 0 saturated heterocycles. The molecular formula is C15H20N4O2. The van der Waals surface area contributed by atoms with Crippen molar-refractivity contribution in [3.63, 3.8) is 0 Å². The van der Waals surface area contributed by atoms with Gasteiger partial charge < -0.3 is 9.84 Å². The van der Waals surface area contributed by atoms with Crippen LogP contribution >= 0.6 is 0 Å². The lowest BCUT2D eigenvalue weighted by molar-refractivity contribution is -0.115. The van der Waals surface area contributed by atoms with Gasteiger partial charge in [-0.3, -0.25) is 4.79 Å². The molecule has 0 radical (unpaired) electrons. The van der Waals surface area contributed by atoms with Crippen LogP contribution in [0.5, 0.6) is 0 Å². The van der Waals surface area contributed by atoms with Crippen molar-refractivity contribution in [1.82, 2.24) is 14.9 Å². The van der Waals surface area contributed by atoms with E-state index in [4.69, 9.17) is 4.52 Å². The van der Waals surface area contributed by atoms with Crippen molar-refractivity contribution in [3.8, 4) is 0 Å². The minimum absolute atomic E-state index is 0.0656. The number of nitrogens with one attached hydrogen (secondary N) is 1. The predicted molar refractivity (Wildman–Crippen MR) is 78.0 cm³/mol. The second-order valence-corrected chi connectivity index (χ2v) is 5.63. The number of anilines is 1. The lowest BCUT2D eigenvalue weighted by Gasteiger charge is -2.14. The maximum atomic E-state index is 12.2. The lowest BCUT2D eigenvalue weighted by atomic mass is 10.1. The number of carbonyl (C=O) groups is 1. The zero-order valence-corrected chi connectivity index (χ0v) is 12.4. The molecule has 0 unspecified atom stereocenters. The quantitative estimate of drug-likeness (QED) is 0.939. The second kappa shape index (κ2) is 5.71. The van der Waals surface area contributed by atoms with E-state index in [-0.39, 0.29) is 12.3 Å². The van der Waals surface area contributed by atoms with Crippen molar-refractivity contribution in [2.75, 3.05) is 5.32 Å². The summed E-state index contributed by atoms with van der Waals surface area (Å²) in [4.78, 5) is 12.2. The summed E-state index contributed by atoms with van der Waals surface area (Å²) in [5.74, 6) is 1.41. The van der Waals surface area contributed by atoms with Crippen molar-refractivity contribution in [1.29, 1.82) is 0 Å². The SMILES string of the molecule is Cc1noc(C)c1CC(=O)Nc1ccnn1C1CCCC1. The van der Waals surface area contributed by atoms with E-state index in [1.54, 1.807) is 6.20 Å². The van der Waals surface area contributed by atoms with Gasteiger partial charge in [0, 0.05) is 11.6 Å². The van der Waals surface area contributed by atoms with Gasteiger partial charge in [-0.1, -0.05) is 18.0 Å². The monoisotopic (exact) mass is 288 g/mol. The minimum Gasteiger partial charge on any atom is -0.361 e. The molecule has 1 aliphatic carbocycles. The number of nitrogens with zero attached hydrogens (tertiary/aromatic N) is 3. The fourth-order valence-electron chi connectivity index (χ4n) is 2.95. The molecule has 2 heterocycles. The Labute approximate surface area is 123 Å². The Morgan fingerprint density at radius 3 is 2.86 bits per heavy atom. The Bertz CT molecular complexity index is 618. The third-order valence-electron chi connectivity index (χ3n) is 4.13. The summed E-state index contributed by atoms with van der Waals surface area (Å²) in [6.45, 7) is 3.67. The van der Waals surface area contributed by atoms with Crippen molar-refractivity contribution >= 4 is 11.7 Å². The molecule has 6 nitrogen and oxygen atoms in total. The fraction of sp³-hybridized carbons (Fsp3) is 0.533. The molecule has 1 aliphatic rings. The maximum absolute atomic E-state index is 12.2. The number of hydrogen-bond acceptors (Lipinski definition) is 4. The van der Waals surface area contributed by atoms with Crippen LogP contribution in [0.2, 0.25) is 0 Å². The average molecular weight is 288 g/mol. The van der Waals surface area contributed by atoms with E-state index in [1.807, 2.05) is 24.6 Å². The van der Waals surface area contributed by atoms with Crippen LogP contribution in [-0.2, 0) is 11.2 Å². The van der Waals surface area contributed by atoms with Gasteiger partial charge in [0.05, 0.1) is 24.4 Å². The summed E-state index contributed by atoms with van der Waals surface area (Å²) in [6, 6.07) is 2.26. The van der Waals surface area contributed by atoms with E-state index >= 15 is 0 Å². The molecule has 3 rings (SSSR count). The van der Waals surface area contributed by atoms with Gasteiger partial charge in [0.25, 0.3) is 0 Å². The first kappa shape index (κ1) is 13.9. The summed E-state index contributed by atoms with van der Waals surface area (Å²) in [7, 11) is 0. The summed E-state index contributed by atoms with van der Waals surface area (Å²) in [5, 5.41) is 11.2. The van der Waals surface area contributed by atoms with Gasteiger partial charge >= 0.3 is 0 Å². The number of aromatic nitrogens is 3. The molecule has 1 saturated carbocycles. The molecule has 0 bridgehead atoms. The van der Waals surface area contributed by atoms with E-state index < -0.39 is 0 Å². The standard InChI is InChI=1S/C15H20N4O2/c1-10-13(11(2)21-18-10)9-15(20)17-14-7-8-16-19(14)12-5-3-4-6-12/h7-8,12H,3-6,9H2,1-2H3,(H,17,20). The van der Waals surface area contributed by atoms with Crippen LogP contribution < -0.4 is 5.32 Å². The molecule has 2 aromatic heterocycles. The van der Waals surface area contributed by atoms with E-state index in [1.165, 1.54) is 12.8 Å². The number of carbonyl (C=O) groups excluding carboxylic acids is 1. The van der Waals surface area contributed by atoms with Gasteiger partial charge in [-0.2, -0.15) is 5.10 Å². The normalized spacial score (nSPS) is 15.5. The Kier molecular flexibility index (Phi) is 3.77. The van der Waals surface area contributed by atoms with Gasteiger partial charge in [0.1, 0.15) is 11.6 Å². The first-order valence-electron chi connectivity index (χ1n) is 7.40. The Morgan fingerprint density at radius 1 is 1.43 bits per heavy atom. The van der Waals surface area contributed by atoms with Gasteiger partial charge in [-0.05, 0) is 26.7 Å². The third-order valence-corrected chi connectivity index (χ3v) is 4.13. The van der Waals surface area contributed by atoms with Gasteiger partial charge in [0.2, 0.25) is 5.91 Å². The fourth-order valence-corrected chi connectivity index (χ4v) is 2.95. The number of hydrogen-bond donors (Lipinski definition) is 1. The van der Waals surface area contributed by atoms with Crippen molar-refractivity contribution < 1.29 is 9.32 Å². The highest BCUT2D eigenvalue weighted by atomic mass is 16.5. The zero-order valence-electron chi connectivity index (χ0n) is 12.4. The van der Waals surface area contributed by atoms with Gasteiger partial charge in [-0.25, -0.2) is 4.68 Å². The third kappa shape index (κ3) is 2.84. The highest BCUT2D eigenvalue weighted by Gasteiger charge is 2.21. The molecule has 1 N–H and O–H groups in total. The molecule has 1 amide bonds. The van der Waals surface area contributed by atoms with E-state index in [0.29, 0.717) is 11.8 Å². The zero-order chi connectivity index (χ0) is 14.8. The molecule has 0 aromatic carbocycles. The summed E-state index contributed by atoms with van der Waals surface area (Å²) in [6.07, 6.45) is 6.75. The lowest BCUT2D eigenvalue weighted by Crippen LogP contribution is -2.19. The second-order valence-electron chi connectivity index (χ2n) is 5.63. The number of amides is 1. The van der Waals surface area contributed by atoms with Crippen LogP contribution in [0.3, 0.4) is 0 Å². The smallest absolute Gasteiger partial charge is 0.230 e. The molecule has 0 spiro atoms. The minimum atomic E-state index is -0.0656. The molecular weight excluding hydrogens is 268 g/mol. The Balaban J connectivity index is 1.69. The first-order valence-corrected chi connectivity index (χ1v) is 7.40. The van der Waals surface area contributed by atoms with Crippen LogP contribution in [0.4, 0.5) is 5.82 Å². The molecule has 1 fully saturated rings. The largest absolute Gasteiger partial charge is 0.361 e. The molecule has 112 valence electrons.